The van der Waals surface area contributed by atoms with E-state index in [1.807, 2.05) is 66.4 Å². The van der Waals surface area contributed by atoms with E-state index in [0.717, 1.165) is 35.8 Å². The van der Waals surface area contributed by atoms with Crippen LogP contribution in [-0.4, -0.2) is 59.1 Å². The van der Waals surface area contributed by atoms with E-state index in [2.05, 4.69) is 41.1 Å². The van der Waals surface area contributed by atoms with Crippen molar-refractivity contribution in [2.24, 2.45) is 4.99 Å². The lowest BCUT2D eigenvalue weighted by Crippen LogP contribution is -2.51. The number of aliphatic imine (C=N–C) groups is 1. The van der Waals surface area contributed by atoms with Crippen molar-refractivity contribution in [2.45, 2.75) is 50.9 Å². The molecule has 2 aliphatic rings. The zero-order chi connectivity index (χ0) is 35.3. The Morgan fingerprint density at radius 3 is 2.21 bits per heavy atom. The average molecular weight is 680 g/mol. The zero-order valence-corrected chi connectivity index (χ0v) is 28.7. The number of aliphatic hydroxyl groups excluding tert-OH is 1. The third-order valence-corrected chi connectivity index (χ3v) is 8.39. The molecule has 3 aromatic rings. The van der Waals surface area contributed by atoms with Crippen molar-refractivity contribution in [2.75, 3.05) is 26.3 Å². The zero-order valence-electron chi connectivity index (χ0n) is 27.6. The quantitative estimate of drug-likeness (QED) is 0.202. The second-order valence-electron chi connectivity index (χ2n) is 11.0. The summed E-state index contributed by atoms with van der Waals surface area (Å²) in [7, 11) is 2.66. The molecule has 0 saturated carbocycles. The number of halogens is 3. The number of allylic oxidation sites excluding steroid dienone is 1. The molecular formula is C38H45F3N3O3P. The van der Waals surface area contributed by atoms with E-state index in [4.69, 9.17) is 14.8 Å². The van der Waals surface area contributed by atoms with Gasteiger partial charge in [0.2, 0.25) is 0 Å². The Morgan fingerprint density at radius 2 is 1.67 bits per heavy atom. The first kappa shape index (κ1) is 38.2. The second kappa shape index (κ2) is 18.4. The van der Waals surface area contributed by atoms with Crippen molar-refractivity contribution in [1.82, 2.24) is 9.80 Å². The minimum absolute atomic E-state index is 0.0480. The molecule has 2 aliphatic heterocycles. The van der Waals surface area contributed by atoms with E-state index < -0.39 is 23.8 Å². The summed E-state index contributed by atoms with van der Waals surface area (Å²) in [6.45, 7) is 14.2. The summed E-state index contributed by atoms with van der Waals surface area (Å²) in [6.07, 6.45) is 2.38. The fourth-order valence-electron chi connectivity index (χ4n) is 5.76. The first-order chi connectivity index (χ1) is 23.1. The maximum absolute atomic E-state index is 14.4. The lowest BCUT2D eigenvalue weighted by molar-refractivity contribution is -0.137. The van der Waals surface area contributed by atoms with Crippen molar-refractivity contribution < 1.29 is 27.8 Å². The molecule has 2 amide bonds. The fourth-order valence-corrected chi connectivity index (χ4v) is 5.96. The number of alkyl halides is 3. The highest BCUT2D eigenvalue weighted by molar-refractivity contribution is 7.27. The Bertz CT molecular complexity index is 1540. The summed E-state index contributed by atoms with van der Waals surface area (Å²) < 4.78 is 46.6. The van der Waals surface area contributed by atoms with Gasteiger partial charge in [0.25, 0.3) is 0 Å². The van der Waals surface area contributed by atoms with Crippen LogP contribution < -0.4 is 10.0 Å². The fraction of sp³-hybridized carbons (Fsp3) is 0.316. The van der Waals surface area contributed by atoms with Crippen molar-refractivity contribution in [3.8, 4) is 5.75 Å². The van der Waals surface area contributed by atoms with Gasteiger partial charge in [0.05, 0.1) is 30.4 Å². The van der Waals surface area contributed by atoms with Crippen LogP contribution in [0, 0.1) is 0 Å². The van der Waals surface area contributed by atoms with E-state index in [1.165, 1.54) is 17.7 Å². The molecule has 48 heavy (non-hydrogen) atoms. The predicted octanol–water partition coefficient (Wildman–Crippen LogP) is 8.32. The van der Waals surface area contributed by atoms with Gasteiger partial charge in [-0.15, -0.1) is 29.0 Å². The predicted molar refractivity (Wildman–Crippen MR) is 192 cm³/mol. The lowest BCUT2D eigenvalue weighted by atomic mass is 9.89. The molecule has 5 rings (SSSR count). The number of amidine groups is 1. The van der Waals surface area contributed by atoms with Gasteiger partial charge in [0.15, 0.2) is 0 Å². The molecule has 1 saturated heterocycles. The minimum Gasteiger partial charge on any atom is -0.493 e. The van der Waals surface area contributed by atoms with Gasteiger partial charge in [-0.2, -0.15) is 13.2 Å². The van der Waals surface area contributed by atoms with Gasteiger partial charge in [-0.25, -0.2) is 4.79 Å². The van der Waals surface area contributed by atoms with Crippen LogP contribution in [0.15, 0.2) is 116 Å². The molecule has 0 bridgehead atoms. The number of piperidine rings is 1. The number of aliphatic hydroxyl groups is 1. The van der Waals surface area contributed by atoms with Crippen LogP contribution >= 0.6 is 9.24 Å². The molecule has 3 atom stereocenters. The van der Waals surface area contributed by atoms with Crippen LogP contribution in [0.1, 0.15) is 60.9 Å². The van der Waals surface area contributed by atoms with Crippen LogP contribution in [0.2, 0.25) is 0 Å². The number of carbonyl (C=O) groups is 1. The number of rotatable bonds is 7. The summed E-state index contributed by atoms with van der Waals surface area (Å²) in [6, 6.07) is 20.5. The maximum Gasteiger partial charge on any atom is 0.416 e. The largest absolute Gasteiger partial charge is 0.493 e. The van der Waals surface area contributed by atoms with Crippen LogP contribution in [0.4, 0.5) is 18.0 Å². The smallest absolute Gasteiger partial charge is 0.416 e. The summed E-state index contributed by atoms with van der Waals surface area (Å²) in [5.41, 5.74) is 1.72. The molecular weight excluding hydrogens is 634 g/mol. The van der Waals surface area contributed by atoms with Crippen LogP contribution in [-0.2, 0) is 6.18 Å². The number of carbonyl (C=O) groups excluding carboxylic acids is 1. The molecule has 0 aliphatic carbocycles. The maximum atomic E-state index is 14.4. The van der Waals surface area contributed by atoms with E-state index in [9.17, 15) is 18.0 Å². The molecule has 1 N–H and O–H groups in total. The number of nitrogens with zero attached hydrogens (tertiary/aromatic N) is 3. The Balaban J connectivity index is 0.000000970. The third-order valence-electron chi connectivity index (χ3n) is 8.00. The van der Waals surface area contributed by atoms with Crippen molar-refractivity contribution >= 4 is 26.4 Å². The van der Waals surface area contributed by atoms with Gasteiger partial charge in [0.1, 0.15) is 17.6 Å². The Morgan fingerprint density at radius 1 is 1.04 bits per heavy atom. The number of hydrogen-bond donors (Lipinski definition) is 1. The highest BCUT2D eigenvalue weighted by Crippen LogP contribution is 2.40. The molecule has 10 heteroatoms. The lowest BCUT2D eigenvalue weighted by Gasteiger charge is -2.37. The summed E-state index contributed by atoms with van der Waals surface area (Å²) in [5, 5.41) is 8.77. The summed E-state index contributed by atoms with van der Waals surface area (Å²) in [4.78, 5) is 22.9. The second-order valence-corrected chi connectivity index (χ2v) is 11.7. The van der Waals surface area contributed by atoms with Gasteiger partial charge in [-0.1, -0.05) is 72.8 Å². The average Bonchev–Trinajstić information content (AvgIpc) is 3.48. The Hall–Kier alpha value is -4.20. The third kappa shape index (κ3) is 9.45. The molecule has 0 aromatic heterocycles. The molecule has 3 unspecified atom stereocenters. The number of hydrogen-bond acceptors (Lipinski definition) is 4. The van der Waals surface area contributed by atoms with Crippen LogP contribution in [0.25, 0.3) is 0 Å². The van der Waals surface area contributed by atoms with Crippen LogP contribution in [0.5, 0.6) is 5.75 Å². The minimum atomic E-state index is -4.53. The number of amides is 2. The van der Waals surface area contributed by atoms with Gasteiger partial charge in [-0.3, -0.25) is 9.89 Å². The van der Waals surface area contributed by atoms with Gasteiger partial charge < -0.3 is 14.7 Å². The highest BCUT2D eigenvalue weighted by atomic mass is 31.0. The summed E-state index contributed by atoms with van der Waals surface area (Å²) >= 11 is 0. The SMILES string of the molecule is C/C=C/C1C(c2ccc(P)cc2)N=C(c2ccc(C(F)(F)F)cc2OCC)N1C(=O)N1CCC(c2ccccc2)CC1.C=C.C=CCO. The standard InChI is InChI=1S/C33H35F3N3O2P.C3H6O.C2H4/c1-3-8-28-30(24-11-14-26(42)15-12-24)37-31(27-16-13-25(33(34,35)36)21-29(27)41-4-2)39(28)32(40)38-19-17-23(18-20-38)22-9-6-5-7-10-22;1-2-3-4;1-2/h3,5-16,21,23,28,30H,4,17-20,42H2,1-2H3;2,4H,1,3H2;1-2H2/b8-3+;;. The molecule has 3 aromatic carbocycles. The van der Waals surface area contributed by atoms with E-state index >= 15 is 0 Å². The monoisotopic (exact) mass is 679 g/mol. The Labute approximate surface area is 284 Å². The topological polar surface area (TPSA) is 65.4 Å². The van der Waals surface area contributed by atoms with E-state index in [-0.39, 0.29) is 25.0 Å². The van der Waals surface area contributed by atoms with Crippen molar-refractivity contribution in [3.63, 3.8) is 0 Å². The number of benzene rings is 3. The molecule has 1 fully saturated rings. The molecule has 6 nitrogen and oxygen atoms in total. The first-order valence-corrected chi connectivity index (χ1v) is 16.5. The van der Waals surface area contributed by atoms with Gasteiger partial charge in [0, 0.05) is 13.1 Å². The molecule has 2 heterocycles. The van der Waals surface area contributed by atoms with Gasteiger partial charge in [-0.05, 0) is 67.2 Å². The van der Waals surface area contributed by atoms with Crippen LogP contribution in [0.3, 0.4) is 0 Å². The number of ether oxygens (including phenoxy) is 1. The van der Waals surface area contributed by atoms with Crippen molar-refractivity contribution in [1.29, 1.82) is 0 Å². The highest BCUT2D eigenvalue weighted by Gasteiger charge is 2.43. The molecule has 0 spiro atoms. The van der Waals surface area contributed by atoms with Crippen molar-refractivity contribution in [3.05, 3.63) is 133 Å². The number of likely N-dealkylation sites (tertiary alicyclic amines) is 1. The Kier molecular flexibility index (Phi) is 14.6. The first-order valence-electron chi connectivity index (χ1n) is 15.9. The number of urea groups is 1. The van der Waals surface area contributed by atoms with E-state index in [1.54, 1.807) is 11.8 Å². The molecule has 256 valence electrons. The van der Waals surface area contributed by atoms with E-state index in [0.29, 0.717) is 30.4 Å². The molecule has 0 radical (unpaired) electrons. The summed E-state index contributed by atoms with van der Waals surface area (Å²) in [5.74, 6) is 0.725. The normalized spacial score (nSPS) is 17.9. The van der Waals surface area contributed by atoms with Gasteiger partial charge >= 0.3 is 12.2 Å².